The van der Waals surface area contributed by atoms with Gasteiger partial charge in [0.1, 0.15) is 11.5 Å². The minimum Gasteiger partial charge on any atom is -0.495 e. The molecular formula is C28H27ClF2N2O6. The molecule has 39 heavy (non-hydrogen) atoms. The second kappa shape index (κ2) is 12.0. The molecule has 1 aromatic heterocycles. The molecule has 2 heterocycles. The molecule has 0 radical (unpaired) electrons. The van der Waals surface area contributed by atoms with Crippen LogP contribution in [0, 0.1) is 0 Å². The molecule has 1 aliphatic rings. The van der Waals surface area contributed by atoms with E-state index in [0.29, 0.717) is 17.7 Å². The normalized spacial score (nSPS) is 13.5. The number of methoxy groups -OCH3 is 2. The fraction of sp³-hybridized carbons (Fsp3) is 0.321. The van der Waals surface area contributed by atoms with Gasteiger partial charge in [-0.15, -0.1) is 0 Å². The molecule has 1 amide bonds. The Labute approximate surface area is 228 Å². The van der Waals surface area contributed by atoms with Crippen LogP contribution >= 0.6 is 11.6 Å². The summed E-state index contributed by atoms with van der Waals surface area (Å²) in [6.07, 6.45) is 1.61. The van der Waals surface area contributed by atoms with E-state index in [0.717, 1.165) is 5.56 Å². The number of amides is 1. The average Bonchev–Trinajstić information content (AvgIpc) is 3.18. The van der Waals surface area contributed by atoms with Gasteiger partial charge in [-0.3, -0.25) is 14.4 Å². The Kier molecular flexibility index (Phi) is 8.66. The molecule has 0 bridgehead atoms. The van der Waals surface area contributed by atoms with Gasteiger partial charge in [-0.05, 0) is 41.8 Å². The Morgan fingerprint density at radius 3 is 2.46 bits per heavy atom. The van der Waals surface area contributed by atoms with Gasteiger partial charge in [0.15, 0.2) is 5.78 Å². The maximum Gasteiger partial charge on any atom is 0.387 e. The van der Waals surface area contributed by atoms with Crippen molar-refractivity contribution in [3.05, 3.63) is 80.7 Å². The number of carbonyl (C=O) groups is 2. The fourth-order valence-electron chi connectivity index (χ4n) is 4.69. The number of ether oxygens (including phenoxy) is 3. The standard InChI is InChI=1S/C28H27ClF2N2O6/c1-32-14-17-10-16(4-6-19(17)27(32)36)11-23(34)22(8-9-37-2)33-15-25(38-3)21(13-26(33)35)20-12-18(29)5-7-24(20)39-28(30)31/h4-7,10,12-13,15,22,28H,8-9,11,14H2,1-3H3. The van der Waals surface area contributed by atoms with E-state index in [1.54, 1.807) is 24.1 Å². The summed E-state index contributed by atoms with van der Waals surface area (Å²) >= 11 is 6.10. The number of rotatable bonds is 11. The van der Waals surface area contributed by atoms with Crippen LogP contribution in [-0.2, 0) is 22.5 Å². The number of aromatic nitrogens is 1. The Balaban J connectivity index is 1.70. The molecule has 1 atom stereocenters. The van der Waals surface area contributed by atoms with E-state index >= 15 is 0 Å². The first kappa shape index (κ1) is 28.3. The number of halogens is 3. The van der Waals surface area contributed by atoms with Gasteiger partial charge in [-0.1, -0.05) is 23.7 Å². The van der Waals surface area contributed by atoms with Gasteiger partial charge < -0.3 is 23.7 Å². The number of fused-ring (bicyclic) bond motifs is 1. The third-order valence-electron chi connectivity index (χ3n) is 6.55. The Morgan fingerprint density at radius 1 is 1.03 bits per heavy atom. The molecule has 206 valence electrons. The molecule has 0 N–H and O–H groups in total. The van der Waals surface area contributed by atoms with Crippen molar-refractivity contribution in [1.29, 1.82) is 0 Å². The van der Waals surface area contributed by atoms with E-state index in [1.165, 1.54) is 49.2 Å². The van der Waals surface area contributed by atoms with Crippen LogP contribution in [0.2, 0.25) is 5.02 Å². The lowest BCUT2D eigenvalue weighted by Gasteiger charge is -2.21. The summed E-state index contributed by atoms with van der Waals surface area (Å²) in [5.74, 6) is -0.338. The number of nitrogens with zero attached hydrogens (tertiary/aromatic N) is 2. The first-order chi connectivity index (χ1) is 18.6. The molecule has 0 saturated heterocycles. The first-order valence-corrected chi connectivity index (χ1v) is 12.4. The minimum absolute atomic E-state index is 0.0245. The highest BCUT2D eigenvalue weighted by Gasteiger charge is 2.27. The van der Waals surface area contributed by atoms with Crippen molar-refractivity contribution in [3.8, 4) is 22.6 Å². The molecular weight excluding hydrogens is 534 g/mol. The third kappa shape index (κ3) is 6.12. The van der Waals surface area contributed by atoms with E-state index in [1.807, 2.05) is 6.07 Å². The highest BCUT2D eigenvalue weighted by molar-refractivity contribution is 6.31. The van der Waals surface area contributed by atoms with Gasteiger partial charge in [0.25, 0.3) is 11.5 Å². The zero-order valence-electron chi connectivity index (χ0n) is 21.6. The SMILES string of the molecule is COCCC(C(=O)Cc1ccc2c(c1)CN(C)C2=O)n1cc(OC)c(-c2cc(Cl)ccc2OC(F)F)cc1=O. The van der Waals surface area contributed by atoms with Crippen LogP contribution in [0.25, 0.3) is 11.1 Å². The van der Waals surface area contributed by atoms with Crippen LogP contribution in [0.4, 0.5) is 8.78 Å². The average molecular weight is 561 g/mol. The Bertz CT molecular complexity index is 1460. The quantitative estimate of drug-likeness (QED) is 0.336. The summed E-state index contributed by atoms with van der Waals surface area (Å²) < 4.78 is 42.6. The van der Waals surface area contributed by atoms with E-state index in [2.05, 4.69) is 4.74 Å². The molecule has 3 aromatic rings. The lowest BCUT2D eigenvalue weighted by molar-refractivity contribution is -0.122. The lowest BCUT2D eigenvalue weighted by atomic mass is 9.98. The third-order valence-corrected chi connectivity index (χ3v) is 6.78. The van der Waals surface area contributed by atoms with Crippen molar-refractivity contribution >= 4 is 23.3 Å². The predicted molar refractivity (Wildman–Crippen MR) is 141 cm³/mol. The van der Waals surface area contributed by atoms with Crippen LogP contribution in [0.1, 0.15) is 33.9 Å². The number of carbonyl (C=O) groups excluding carboxylic acids is 2. The number of ketones is 1. The van der Waals surface area contributed by atoms with Crippen molar-refractivity contribution in [1.82, 2.24) is 9.47 Å². The van der Waals surface area contributed by atoms with Crippen LogP contribution in [0.15, 0.2) is 53.5 Å². The fourth-order valence-corrected chi connectivity index (χ4v) is 4.86. The van der Waals surface area contributed by atoms with Crippen LogP contribution in [0.5, 0.6) is 11.5 Å². The second-order valence-corrected chi connectivity index (χ2v) is 9.55. The predicted octanol–water partition coefficient (Wildman–Crippen LogP) is 4.75. The zero-order valence-corrected chi connectivity index (χ0v) is 22.3. The maximum absolute atomic E-state index is 13.5. The van der Waals surface area contributed by atoms with E-state index in [-0.39, 0.29) is 58.8 Å². The number of benzene rings is 2. The molecule has 2 aromatic carbocycles. The molecule has 8 nitrogen and oxygen atoms in total. The topological polar surface area (TPSA) is 87.1 Å². The smallest absolute Gasteiger partial charge is 0.387 e. The van der Waals surface area contributed by atoms with Gasteiger partial charge in [-0.25, -0.2) is 0 Å². The van der Waals surface area contributed by atoms with Gasteiger partial charge in [0.05, 0.1) is 19.3 Å². The molecule has 0 fully saturated rings. The zero-order chi connectivity index (χ0) is 28.3. The minimum atomic E-state index is -3.09. The molecule has 11 heteroatoms. The van der Waals surface area contributed by atoms with Crippen LogP contribution in [-0.4, -0.2) is 55.6 Å². The monoisotopic (exact) mass is 560 g/mol. The molecule has 4 rings (SSSR count). The number of pyridine rings is 1. The summed E-state index contributed by atoms with van der Waals surface area (Å²) in [5, 5.41) is 0.244. The Morgan fingerprint density at radius 2 is 1.77 bits per heavy atom. The largest absolute Gasteiger partial charge is 0.495 e. The number of Topliss-reactive ketones (excluding diaryl/α,β-unsaturated/α-hetero) is 1. The van der Waals surface area contributed by atoms with E-state index < -0.39 is 18.2 Å². The van der Waals surface area contributed by atoms with Gasteiger partial charge in [0.2, 0.25) is 0 Å². The van der Waals surface area contributed by atoms with Gasteiger partial charge in [-0.2, -0.15) is 8.78 Å². The summed E-state index contributed by atoms with van der Waals surface area (Å²) in [4.78, 5) is 40.7. The molecule has 0 spiro atoms. The molecule has 0 saturated carbocycles. The Hall–Kier alpha value is -3.76. The second-order valence-electron chi connectivity index (χ2n) is 9.11. The van der Waals surface area contributed by atoms with Crippen molar-refractivity contribution in [3.63, 3.8) is 0 Å². The summed E-state index contributed by atoms with van der Waals surface area (Å²) in [7, 11) is 4.57. The number of alkyl halides is 2. The highest BCUT2D eigenvalue weighted by atomic mass is 35.5. The van der Waals surface area contributed by atoms with E-state index in [9.17, 15) is 23.2 Å². The molecule has 1 unspecified atom stereocenters. The van der Waals surface area contributed by atoms with Gasteiger partial charge >= 0.3 is 6.61 Å². The highest BCUT2D eigenvalue weighted by Crippen LogP contribution is 2.38. The van der Waals surface area contributed by atoms with Crippen molar-refractivity contribution in [2.24, 2.45) is 0 Å². The van der Waals surface area contributed by atoms with Crippen molar-refractivity contribution in [2.75, 3.05) is 27.9 Å². The van der Waals surface area contributed by atoms with E-state index in [4.69, 9.17) is 21.1 Å². The molecule has 0 aliphatic carbocycles. The van der Waals surface area contributed by atoms with Crippen LogP contribution < -0.4 is 15.0 Å². The van der Waals surface area contributed by atoms with Crippen molar-refractivity contribution < 1.29 is 32.6 Å². The maximum atomic E-state index is 13.5. The lowest BCUT2D eigenvalue weighted by Crippen LogP contribution is -2.31. The first-order valence-electron chi connectivity index (χ1n) is 12.1. The van der Waals surface area contributed by atoms with Gasteiger partial charge in [0, 0.05) is 61.5 Å². The van der Waals surface area contributed by atoms with Crippen LogP contribution in [0.3, 0.4) is 0 Å². The summed E-state index contributed by atoms with van der Waals surface area (Å²) in [6, 6.07) is 9.65. The number of hydrogen-bond donors (Lipinski definition) is 0. The summed E-state index contributed by atoms with van der Waals surface area (Å²) in [6.45, 7) is -2.43. The number of hydrogen-bond acceptors (Lipinski definition) is 6. The van der Waals surface area contributed by atoms with Crippen molar-refractivity contribution in [2.45, 2.75) is 32.0 Å². The molecule has 1 aliphatic heterocycles. The summed E-state index contributed by atoms with van der Waals surface area (Å²) in [5.41, 5.74) is 1.94.